The summed E-state index contributed by atoms with van der Waals surface area (Å²) in [5.41, 5.74) is 1.77. The number of hydrogen-bond acceptors (Lipinski definition) is 12. The summed E-state index contributed by atoms with van der Waals surface area (Å²) in [5, 5.41) is 39.8. The zero-order valence-electron chi connectivity index (χ0n) is 21.0. The Kier molecular flexibility index (Phi) is 10.6. The molecule has 3 aromatic rings. The lowest BCUT2D eigenvalue weighted by Crippen LogP contribution is -2.16. The van der Waals surface area contributed by atoms with Gasteiger partial charge >= 0.3 is 0 Å². The standard InChI is InChI=1S/C25H28N6O5S2/c1-4-6-13-27-25-23(17(3)20(16-26)24(29-25)28-14-15-38(33,34)5-2)31-30-21-11-12-22(37-36-35-32)19-10-8-7-9-18(19)21/h5,7-12,32H,2,4,6,13-15H2,1,3H3,(H2,27,28,29)/b31-30+. The van der Waals surface area contributed by atoms with E-state index >= 15 is 0 Å². The minimum atomic E-state index is -3.41. The number of nitriles is 1. The van der Waals surface area contributed by atoms with Gasteiger partial charge < -0.3 is 10.6 Å². The van der Waals surface area contributed by atoms with Crippen LogP contribution in [0.15, 0.2) is 63.5 Å². The molecule has 3 N–H and O–H groups in total. The second-order valence-corrected chi connectivity index (χ2v) is 10.9. The molecule has 0 atom stereocenters. The lowest BCUT2D eigenvalue weighted by Gasteiger charge is -2.15. The first-order chi connectivity index (χ1) is 18.3. The van der Waals surface area contributed by atoms with E-state index < -0.39 is 9.84 Å². The molecule has 0 unspecified atom stereocenters. The molecule has 200 valence electrons. The van der Waals surface area contributed by atoms with Crippen molar-refractivity contribution < 1.29 is 23.0 Å². The van der Waals surface area contributed by atoms with Gasteiger partial charge in [0.2, 0.25) is 0 Å². The molecule has 3 rings (SSSR count). The Morgan fingerprint density at radius 3 is 2.58 bits per heavy atom. The maximum Gasteiger partial charge on any atom is 0.172 e. The minimum Gasteiger partial charge on any atom is -0.368 e. The van der Waals surface area contributed by atoms with Crippen LogP contribution >= 0.6 is 12.0 Å². The Morgan fingerprint density at radius 2 is 1.89 bits per heavy atom. The summed E-state index contributed by atoms with van der Waals surface area (Å²) in [6.45, 7) is 7.82. The van der Waals surface area contributed by atoms with E-state index in [1.807, 2.05) is 24.3 Å². The van der Waals surface area contributed by atoms with Gasteiger partial charge in [-0.25, -0.2) is 18.7 Å². The molecule has 1 aromatic heterocycles. The van der Waals surface area contributed by atoms with Gasteiger partial charge in [-0.1, -0.05) is 49.2 Å². The zero-order chi connectivity index (χ0) is 27.5. The van der Waals surface area contributed by atoms with Gasteiger partial charge in [-0.05, 0) is 30.9 Å². The molecule has 0 radical (unpaired) electrons. The predicted octanol–water partition coefficient (Wildman–Crippen LogP) is 6.44. The first-order valence-electron chi connectivity index (χ1n) is 11.7. The molecule has 0 saturated carbocycles. The molecule has 1 heterocycles. The number of nitrogens with one attached hydrogen (secondary N) is 2. The van der Waals surface area contributed by atoms with Crippen LogP contribution in [0.25, 0.3) is 10.8 Å². The highest BCUT2D eigenvalue weighted by atomic mass is 32.2. The highest BCUT2D eigenvalue weighted by Crippen LogP contribution is 2.38. The van der Waals surface area contributed by atoms with Crippen molar-refractivity contribution in [3.63, 3.8) is 0 Å². The quantitative estimate of drug-likeness (QED) is 0.0663. The van der Waals surface area contributed by atoms with Crippen molar-refractivity contribution in [3.05, 3.63) is 59.5 Å². The number of fused-ring (bicyclic) bond motifs is 1. The van der Waals surface area contributed by atoms with Crippen LogP contribution in [0.1, 0.15) is 30.9 Å². The molecule has 11 nitrogen and oxygen atoms in total. The lowest BCUT2D eigenvalue weighted by atomic mass is 10.1. The highest BCUT2D eigenvalue weighted by Gasteiger charge is 2.18. The van der Waals surface area contributed by atoms with Crippen molar-refractivity contribution in [2.45, 2.75) is 31.6 Å². The number of benzene rings is 2. The molecule has 0 aliphatic rings. The SMILES string of the molecule is C=CS(=O)(=O)CCNc1nc(NCCCC)c(/N=N/c2ccc(SOOO)c3ccccc23)c(C)c1C#N. The maximum absolute atomic E-state index is 11.8. The summed E-state index contributed by atoms with van der Waals surface area (Å²) in [6, 6.07) is 13.1. The summed E-state index contributed by atoms with van der Waals surface area (Å²) in [7, 11) is -3.41. The average molecular weight is 557 g/mol. The third-order valence-corrected chi connectivity index (χ3v) is 7.50. The third-order valence-electron chi connectivity index (χ3n) is 5.56. The zero-order valence-corrected chi connectivity index (χ0v) is 22.6. The second kappa shape index (κ2) is 13.8. The molecule has 0 saturated heterocycles. The number of unbranched alkanes of at least 4 members (excludes halogenated alkanes) is 1. The number of sulfone groups is 1. The van der Waals surface area contributed by atoms with Crippen molar-refractivity contribution in [2.24, 2.45) is 10.2 Å². The first-order valence-corrected chi connectivity index (χ1v) is 14.2. The topological polar surface area (TPSA) is 158 Å². The Hall–Kier alpha value is -3.54. The fourth-order valence-electron chi connectivity index (χ4n) is 3.55. The minimum absolute atomic E-state index is 0.0616. The van der Waals surface area contributed by atoms with Gasteiger partial charge in [-0.15, -0.1) is 14.6 Å². The van der Waals surface area contributed by atoms with E-state index in [4.69, 9.17) is 5.26 Å². The van der Waals surface area contributed by atoms with E-state index in [9.17, 15) is 13.7 Å². The number of anilines is 2. The Labute approximate surface area is 225 Å². The summed E-state index contributed by atoms with van der Waals surface area (Å²) in [5.74, 6) is 0.511. The van der Waals surface area contributed by atoms with E-state index in [1.54, 1.807) is 19.1 Å². The fraction of sp³-hybridized carbons (Fsp3) is 0.280. The van der Waals surface area contributed by atoms with Gasteiger partial charge in [0, 0.05) is 34.3 Å². The molecule has 0 spiro atoms. The molecular weight excluding hydrogens is 528 g/mol. The van der Waals surface area contributed by atoms with Gasteiger partial charge in [0.05, 0.1) is 29.0 Å². The van der Waals surface area contributed by atoms with Crippen molar-refractivity contribution in [2.75, 3.05) is 29.5 Å². The molecule has 0 aliphatic carbocycles. The van der Waals surface area contributed by atoms with E-state index in [0.29, 0.717) is 34.2 Å². The Bertz CT molecular complexity index is 1470. The molecule has 0 aliphatic heterocycles. The molecule has 0 bridgehead atoms. The second-order valence-electron chi connectivity index (χ2n) is 8.06. The van der Waals surface area contributed by atoms with Gasteiger partial charge in [-0.3, -0.25) is 0 Å². The largest absolute Gasteiger partial charge is 0.368 e. The van der Waals surface area contributed by atoms with Crippen LogP contribution in [0.4, 0.5) is 23.0 Å². The number of rotatable bonds is 14. The number of aromatic nitrogens is 1. The molecule has 0 amide bonds. The number of pyridine rings is 1. The van der Waals surface area contributed by atoms with Crippen LogP contribution in [0, 0.1) is 18.3 Å². The monoisotopic (exact) mass is 556 g/mol. The van der Waals surface area contributed by atoms with Crippen molar-refractivity contribution in [3.8, 4) is 6.07 Å². The summed E-state index contributed by atoms with van der Waals surface area (Å²) >= 11 is 0.854. The Balaban J connectivity index is 2.03. The molecule has 13 heteroatoms. The predicted molar refractivity (Wildman–Crippen MR) is 148 cm³/mol. The normalized spacial score (nSPS) is 11.5. The van der Waals surface area contributed by atoms with Crippen LogP contribution in [-0.4, -0.2) is 37.5 Å². The summed E-state index contributed by atoms with van der Waals surface area (Å²) < 4.78 is 28.2. The summed E-state index contributed by atoms with van der Waals surface area (Å²) in [4.78, 5) is 5.27. The highest BCUT2D eigenvalue weighted by molar-refractivity contribution is 7.94. The van der Waals surface area contributed by atoms with Crippen LogP contribution in [0.2, 0.25) is 0 Å². The van der Waals surface area contributed by atoms with Crippen LogP contribution in [0.5, 0.6) is 0 Å². The third kappa shape index (κ3) is 7.27. The Morgan fingerprint density at radius 1 is 1.16 bits per heavy atom. The van der Waals surface area contributed by atoms with Crippen LogP contribution < -0.4 is 10.6 Å². The average Bonchev–Trinajstić information content (AvgIpc) is 2.92. The number of hydrogen-bond donors (Lipinski definition) is 3. The van der Waals surface area contributed by atoms with E-state index in [2.05, 4.69) is 54.8 Å². The first kappa shape index (κ1) is 29.0. The van der Waals surface area contributed by atoms with E-state index in [1.165, 1.54) is 0 Å². The maximum atomic E-state index is 11.8. The molecule has 0 fully saturated rings. The van der Waals surface area contributed by atoms with E-state index in [-0.39, 0.29) is 23.7 Å². The van der Waals surface area contributed by atoms with Crippen LogP contribution in [-0.2, 0) is 19.2 Å². The smallest absolute Gasteiger partial charge is 0.172 e. The molecule has 2 aromatic carbocycles. The lowest BCUT2D eigenvalue weighted by molar-refractivity contribution is -0.432. The van der Waals surface area contributed by atoms with Gasteiger partial charge in [-0.2, -0.15) is 5.26 Å². The van der Waals surface area contributed by atoms with Crippen LogP contribution in [0.3, 0.4) is 0 Å². The van der Waals surface area contributed by atoms with Gasteiger partial charge in [0.1, 0.15) is 17.6 Å². The van der Waals surface area contributed by atoms with Crippen molar-refractivity contribution >= 4 is 55.7 Å². The van der Waals surface area contributed by atoms with Gasteiger partial charge in [0.25, 0.3) is 0 Å². The molecule has 38 heavy (non-hydrogen) atoms. The van der Waals surface area contributed by atoms with E-state index in [0.717, 1.165) is 41.1 Å². The van der Waals surface area contributed by atoms with Crippen molar-refractivity contribution in [1.82, 2.24) is 4.98 Å². The number of nitrogens with zero attached hydrogens (tertiary/aromatic N) is 4. The van der Waals surface area contributed by atoms with Gasteiger partial charge in [0.15, 0.2) is 15.7 Å². The fourth-order valence-corrected chi connectivity index (χ4v) is 4.60. The molecular formula is C25H28N6O5S2. The number of azo groups is 1. The van der Waals surface area contributed by atoms with Crippen molar-refractivity contribution in [1.29, 1.82) is 5.26 Å². The summed E-state index contributed by atoms with van der Waals surface area (Å²) in [6.07, 6.45) is 1.85.